The third kappa shape index (κ3) is 3.09. The zero-order valence-corrected chi connectivity index (χ0v) is 19.8. The Hall–Kier alpha value is -2.95. The van der Waals surface area contributed by atoms with E-state index in [0.717, 1.165) is 48.4 Å². The zero-order valence-electron chi connectivity index (χ0n) is 19.8. The van der Waals surface area contributed by atoms with Crippen LogP contribution in [0.25, 0.3) is 21.9 Å². The molecule has 0 saturated carbocycles. The lowest BCUT2D eigenvalue weighted by Crippen LogP contribution is -2.24. The van der Waals surface area contributed by atoms with E-state index in [1.54, 1.807) is 0 Å². The Balaban J connectivity index is 1.22. The van der Waals surface area contributed by atoms with Crippen molar-refractivity contribution in [2.24, 2.45) is 11.8 Å². The van der Waals surface area contributed by atoms with E-state index < -0.39 is 0 Å². The predicted octanol–water partition coefficient (Wildman–Crippen LogP) is 5.09. The maximum atomic E-state index is 12.9. The van der Waals surface area contributed by atoms with Crippen LogP contribution < -0.4 is 4.90 Å². The van der Waals surface area contributed by atoms with Gasteiger partial charge in [-0.2, -0.15) is 0 Å². The number of fused-ring (bicyclic) bond motifs is 7. The number of Topliss-reactive ketones (excluding diaryl/α,β-unsaturated/α-hetero) is 1. The smallest absolute Gasteiger partial charge is 0.164 e. The topological polar surface area (TPSA) is 32.8 Å². The summed E-state index contributed by atoms with van der Waals surface area (Å²) in [5.74, 6) is 1.59. The van der Waals surface area contributed by atoms with Crippen molar-refractivity contribution < 1.29 is 9.53 Å². The van der Waals surface area contributed by atoms with Gasteiger partial charge in [0.1, 0.15) is 0 Å². The predicted molar refractivity (Wildman–Crippen MR) is 136 cm³/mol. The van der Waals surface area contributed by atoms with Gasteiger partial charge in [-0.15, -0.1) is 0 Å². The molecule has 3 heterocycles. The molecule has 4 heteroatoms. The molecule has 34 heavy (non-hydrogen) atoms. The summed E-state index contributed by atoms with van der Waals surface area (Å²) in [4.78, 5) is 17.7. The van der Waals surface area contributed by atoms with Crippen LogP contribution in [0.1, 0.15) is 27.9 Å². The van der Waals surface area contributed by atoms with Gasteiger partial charge in [0.25, 0.3) is 0 Å². The molecule has 0 N–H and O–H groups in total. The summed E-state index contributed by atoms with van der Waals surface area (Å²) in [6.45, 7) is 3.22. The van der Waals surface area contributed by atoms with Crippen molar-refractivity contribution in [1.29, 1.82) is 0 Å². The molecular formula is C30H30N2O2. The number of rotatable bonds is 4. The molecule has 3 aromatic carbocycles. The van der Waals surface area contributed by atoms with E-state index in [-0.39, 0.29) is 5.78 Å². The summed E-state index contributed by atoms with van der Waals surface area (Å²) in [6.07, 6.45) is 6.66. The molecule has 3 aromatic rings. The molecule has 4 atom stereocenters. The molecule has 7 rings (SSSR count). The Kier molecular flexibility index (Phi) is 4.52. The Bertz CT molecular complexity index is 1320. The average molecular weight is 451 g/mol. The number of anilines is 1. The lowest BCUT2D eigenvalue weighted by molar-refractivity contribution is 0.0839. The molecule has 0 spiro atoms. The van der Waals surface area contributed by atoms with Crippen LogP contribution in [0, 0.1) is 11.8 Å². The summed E-state index contributed by atoms with van der Waals surface area (Å²) in [7, 11) is 4.13. The van der Waals surface area contributed by atoms with Gasteiger partial charge in [0, 0.05) is 68.8 Å². The molecule has 4 unspecified atom stereocenters. The Morgan fingerprint density at radius 3 is 2.35 bits per heavy atom. The highest BCUT2D eigenvalue weighted by molar-refractivity contribution is 6.14. The summed E-state index contributed by atoms with van der Waals surface area (Å²) >= 11 is 0. The van der Waals surface area contributed by atoms with Crippen molar-refractivity contribution in [1.82, 2.24) is 4.90 Å². The van der Waals surface area contributed by atoms with Gasteiger partial charge in [-0.05, 0) is 46.0 Å². The number of carbonyl (C=O) groups excluding carboxylic acids is 1. The quantitative estimate of drug-likeness (QED) is 0.519. The minimum atomic E-state index is 0.278. The lowest BCUT2D eigenvalue weighted by atomic mass is 9.86. The fraction of sp³-hybridized carbons (Fsp3) is 0.367. The van der Waals surface area contributed by atoms with Gasteiger partial charge in [0.2, 0.25) is 0 Å². The van der Waals surface area contributed by atoms with Crippen LogP contribution in [0.15, 0.2) is 60.7 Å². The molecule has 3 aliphatic heterocycles. The Labute approximate surface area is 200 Å². The largest absolute Gasteiger partial charge is 0.378 e. The molecule has 2 saturated heterocycles. The SMILES string of the molecule is CN(C)c1ccc2cc3c(c(-c4ccc(CN5CC6C7C=CC(O7)C6C5)cc4)c2c1)C(=O)CC3. The van der Waals surface area contributed by atoms with Crippen LogP contribution in [0.3, 0.4) is 0 Å². The van der Waals surface area contributed by atoms with Crippen molar-refractivity contribution in [3.05, 3.63) is 77.4 Å². The molecule has 2 fully saturated rings. The van der Waals surface area contributed by atoms with Crippen molar-refractivity contribution in [2.45, 2.75) is 31.6 Å². The number of hydrogen-bond acceptors (Lipinski definition) is 4. The van der Waals surface area contributed by atoms with E-state index in [9.17, 15) is 4.79 Å². The fourth-order valence-corrected chi connectivity index (χ4v) is 6.69. The first kappa shape index (κ1) is 20.4. The Morgan fingerprint density at radius 1 is 0.912 bits per heavy atom. The van der Waals surface area contributed by atoms with Gasteiger partial charge >= 0.3 is 0 Å². The maximum absolute atomic E-state index is 12.9. The summed E-state index contributed by atoms with van der Waals surface area (Å²) < 4.78 is 6.04. The first-order valence-electron chi connectivity index (χ1n) is 12.5. The van der Waals surface area contributed by atoms with Gasteiger partial charge in [-0.3, -0.25) is 9.69 Å². The maximum Gasteiger partial charge on any atom is 0.164 e. The molecule has 4 nitrogen and oxygen atoms in total. The highest BCUT2D eigenvalue weighted by atomic mass is 16.5. The Morgan fingerprint density at radius 2 is 1.65 bits per heavy atom. The second kappa shape index (κ2) is 7.53. The van der Waals surface area contributed by atoms with Crippen LogP contribution >= 0.6 is 0 Å². The zero-order chi connectivity index (χ0) is 23.0. The van der Waals surface area contributed by atoms with Crippen LogP contribution in [0.5, 0.6) is 0 Å². The van der Waals surface area contributed by atoms with Crippen molar-refractivity contribution in [2.75, 3.05) is 32.1 Å². The summed E-state index contributed by atoms with van der Waals surface area (Å²) in [6, 6.07) is 17.8. The van der Waals surface area contributed by atoms with Gasteiger partial charge in [0.05, 0.1) is 12.2 Å². The van der Waals surface area contributed by atoms with Gasteiger partial charge in [-0.25, -0.2) is 0 Å². The first-order chi connectivity index (χ1) is 16.5. The number of likely N-dealkylation sites (tertiary alicyclic amines) is 1. The number of benzene rings is 3. The molecule has 0 aromatic heterocycles. The van der Waals surface area contributed by atoms with Crippen molar-refractivity contribution in [3.8, 4) is 11.1 Å². The van der Waals surface area contributed by atoms with E-state index in [1.807, 2.05) is 0 Å². The van der Waals surface area contributed by atoms with Crippen molar-refractivity contribution >= 4 is 22.2 Å². The third-order valence-corrected chi connectivity index (χ3v) is 8.41. The van der Waals surface area contributed by atoms with Crippen LogP contribution in [-0.4, -0.2) is 50.1 Å². The molecular weight excluding hydrogens is 420 g/mol. The van der Waals surface area contributed by atoms with E-state index in [1.165, 1.54) is 21.9 Å². The number of hydrogen-bond donors (Lipinski definition) is 0. The van der Waals surface area contributed by atoms with E-state index in [2.05, 4.69) is 84.6 Å². The molecule has 0 amide bonds. The van der Waals surface area contributed by atoms with Crippen LogP contribution in [-0.2, 0) is 17.7 Å². The minimum absolute atomic E-state index is 0.278. The second-order valence-corrected chi connectivity index (χ2v) is 10.7. The summed E-state index contributed by atoms with van der Waals surface area (Å²) in [5, 5.41) is 2.38. The normalized spacial score (nSPS) is 27.1. The van der Waals surface area contributed by atoms with E-state index in [0.29, 0.717) is 30.5 Å². The first-order valence-corrected chi connectivity index (χ1v) is 12.5. The van der Waals surface area contributed by atoms with Crippen molar-refractivity contribution in [3.63, 3.8) is 0 Å². The van der Waals surface area contributed by atoms with Gasteiger partial charge in [0.15, 0.2) is 5.78 Å². The lowest BCUT2D eigenvalue weighted by Gasteiger charge is -2.19. The summed E-state index contributed by atoms with van der Waals surface area (Å²) in [5.41, 5.74) is 6.88. The van der Waals surface area contributed by atoms with Gasteiger partial charge in [-0.1, -0.05) is 48.6 Å². The highest BCUT2D eigenvalue weighted by Gasteiger charge is 2.50. The highest BCUT2D eigenvalue weighted by Crippen LogP contribution is 2.44. The second-order valence-electron chi connectivity index (χ2n) is 10.7. The number of ketones is 1. The fourth-order valence-electron chi connectivity index (χ4n) is 6.69. The molecule has 1 aliphatic carbocycles. The average Bonchev–Trinajstić information content (AvgIpc) is 3.61. The van der Waals surface area contributed by atoms with E-state index in [4.69, 9.17) is 4.74 Å². The monoisotopic (exact) mass is 450 g/mol. The van der Waals surface area contributed by atoms with Gasteiger partial charge < -0.3 is 9.64 Å². The molecule has 0 radical (unpaired) electrons. The van der Waals surface area contributed by atoms with Crippen LogP contribution in [0.4, 0.5) is 5.69 Å². The van der Waals surface area contributed by atoms with E-state index >= 15 is 0 Å². The number of ether oxygens (including phenoxy) is 1. The molecule has 2 bridgehead atoms. The standard InChI is InChI=1S/C30H30N2O2/c1-31(2)22-9-7-20-13-21-8-10-26(33)30(21)29(23(20)14-22)19-5-3-18(4-6-19)15-32-16-24-25(17-32)28-12-11-27(24)34-28/h3-7,9,11-14,24-25,27-28H,8,10,15-17H2,1-2H3. The van der Waals surface area contributed by atoms with Crippen LogP contribution in [0.2, 0.25) is 0 Å². The minimum Gasteiger partial charge on any atom is -0.378 e. The molecule has 172 valence electrons. The number of nitrogens with zero attached hydrogens (tertiary/aromatic N) is 2. The third-order valence-electron chi connectivity index (χ3n) is 8.41. The number of carbonyl (C=O) groups is 1. The molecule has 4 aliphatic rings. The number of aryl methyl sites for hydroxylation is 1.